The zero-order valence-corrected chi connectivity index (χ0v) is 12.8. The van der Waals surface area contributed by atoms with Gasteiger partial charge in [0, 0.05) is 5.92 Å². The van der Waals surface area contributed by atoms with E-state index in [4.69, 9.17) is 10.5 Å². The molecule has 2 fully saturated rings. The predicted octanol–water partition coefficient (Wildman–Crippen LogP) is -0.773. The molecule has 4 rings (SSSR count). The maximum Gasteiger partial charge on any atom is 0.152 e. The lowest BCUT2D eigenvalue weighted by atomic mass is 10.1. The van der Waals surface area contributed by atoms with Crippen LogP contribution in [0.3, 0.4) is 0 Å². The van der Waals surface area contributed by atoms with Crippen molar-refractivity contribution in [3.05, 3.63) is 23.7 Å². The number of nitrogen functional groups attached to an aromatic ring is 1. The summed E-state index contributed by atoms with van der Waals surface area (Å²) in [6, 6.07) is 1.75. The Bertz CT molecular complexity index is 836. The van der Waals surface area contributed by atoms with E-state index in [9.17, 15) is 15.3 Å². The van der Waals surface area contributed by atoms with E-state index >= 15 is 0 Å². The fraction of sp³-hybridized carbons (Fsp3) is 0.500. The molecule has 126 valence electrons. The van der Waals surface area contributed by atoms with Gasteiger partial charge in [-0.25, -0.2) is 9.50 Å². The van der Waals surface area contributed by atoms with Crippen LogP contribution in [0.15, 0.2) is 12.4 Å². The Kier molecular flexibility index (Phi) is 3.66. The summed E-state index contributed by atoms with van der Waals surface area (Å²) in [5.74, 6) is 6.97. The van der Waals surface area contributed by atoms with Crippen LogP contribution in [0.2, 0.25) is 0 Å². The van der Waals surface area contributed by atoms with E-state index in [0.717, 1.165) is 12.8 Å². The third-order valence-electron chi connectivity index (χ3n) is 4.43. The number of nitrogens with two attached hydrogens (primary N) is 1. The number of aromatic nitrogens is 3. The molecule has 2 aliphatic rings. The van der Waals surface area contributed by atoms with Gasteiger partial charge < -0.3 is 25.8 Å². The zero-order valence-electron chi connectivity index (χ0n) is 12.8. The Morgan fingerprint density at radius 3 is 2.79 bits per heavy atom. The summed E-state index contributed by atoms with van der Waals surface area (Å²) in [6.45, 7) is -0.385. The molecule has 0 bridgehead atoms. The number of anilines is 1. The molecule has 24 heavy (non-hydrogen) atoms. The van der Waals surface area contributed by atoms with Gasteiger partial charge in [0.2, 0.25) is 0 Å². The first-order valence-electron chi connectivity index (χ1n) is 7.86. The fourth-order valence-corrected chi connectivity index (χ4v) is 2.94. The van der Waals surface area contributed by atoms with Crippen LogP contribution < -0.4 is 5.73 Å². The molecule has 1 aliphatic heterocycles. The quantitative estimate of drug-likeness (QED) is 0.533. The molecule has 2 aromatic rings. The summed E-state index contributed by atoms with van der Waals surface area (Å²) < 4.78 is 7.13. The molecule has 2 aromatic heterocycles. The van der Waals surface area contributed by atoms with E-state index in [1.54, 1.807) is 6.07 Å². The second-order valence-corrected chi connectivity index (χ2v) is 6.19. The molecule has 1 saturated heterocycles. The second-order valence-electron chi connectivity index (χ2n) is 6.19. The highest BCUT2D eigenvalue weighted by Crippen LogP contribution is 2.36. The Morgan fingerprint density at radius 2 is 2.12 bits per heavy atom. The van der Waals surface area contributed by atoms with Crippen LogP contribution in [-0.2, 0) is 4.74 Å². The van der Waals surface area contributed by atoms with Crippen molar-refractivity contribution in [1.29, 1.82) is 0 Å². The summed E-state index contributed by atoms with van der Waals surface area (Å²) in [5, 5.41) is 33.7. The van der Waals surface area contributed by atoms with Crippen molar-refractivity contribution in [2.45, 2.75) is 37.3 Å². The smallest absolute Gasteiger partial charge is 0.152 e. The van der Waals surface area contributed by atoms with E-state index in [0.29, 0.717) is 22.7 Å². The molecule has 1 aliphatic carbocycles. The van der Waals surface area contributed by atoms with E-state index in [-0.39, 0.29) is 12.4 Å². The third kappa shape index (κ3) is 2.42. The first kappa shape index (κ1) is 15.4. The fourth-order valence-electron chi connectivity index (χ4n) is 2.94. The molecule has 1 saturated carbocycles. The predicted molar refractivity (Wildman–Crippen MR) is 83.7 cm³/mol. The van der Waals surface area contributed by atoms with Crippen LogP contribution in [0.1, 0.15) is 30.2 Å². The monoisotopic (exact) mass is 330 g/mol. The van der Waals surface area contributed by atoms with Gasteiger partial charge in [0.1, 0.15) is 36.3 Å². The minimum absolute atomic E-state index is 0.281. The summed E-state index contributed by atoms with van der Waals surface area (Å²) in [6.07, 6.45) is -0.526. The number of fused-ring (bicyclic) bond motifs is 1. The number of ether oxygens (including phenoxy) is 1. The van der Waals surface area contributed by atoms with Crippen molar-refractivity contribution in [2.75, 3.05) is 12.3 Å². The van der Waals surface area contributed by atoms with Crippen molar-refractivity contribution < 1.29 is 20.1 Å². The van der Waals surface area contributed by atoms with Crippen LogP contribution in [0.5, 0.6) is 0 Å². The Labute approximate surface area is 137 Å². The number of aliphatic hydroxyl groups excluding tert-OH is 3. The molecule has 4 atom stereocenters. The highest BCUT2D eigenvalue weighted by atomic mass is 16.6. The number of hydrogen-bond acceptors (Lipinski definition) is 7. The molecule has 3 heterocycles. The van der Waals surface area contributed by atoms with Crippen LogP contribution in [0.4, 0.5) is 5.82 Å². The molecular formula is C16H18N4O4. The molecule has 5 N–H and O–H groups in total. The topological polar surface area (TPSA) is 126 Å². The molecular weight excluding hydrogens is 312 g/mol. The number of hydrogen-bond donors (Lipinski definition) is 4. The molecule has 0 aromatic carbocycles. The van der Waals surface area contributed by atoms with Crippen molar-refractivity contribution in [3.63, 3.8) is 0 Å². The molecule has 8 nitrogen and oxygen atoms in total. The Balaban J connectivity index is 1.81. The molecule has 0 amide bonds. The summed E-state index contributed by atoms with van der Waals surface area (Å²) in [4.78, 5) is 4.00. The maximum absolute atomic E-state index is 10.3. The number of nitrogens with zero attached hydrogens (tertiary/aromatic N) is 3. The lowest BCUT2D eigenvalue weighted by molar-refractivity contribution is -0.0244. The summed E-state index contributed by atoms with van der Waals surface area (Å²) in [5.41, 5.74) is 7.70. The van der Waals surface area contributed by atoms with Gasteiger partial charge in [-0.2, -0.15) is 5.10 Å². The van der Waals surface area contributed by atoms with Gasteiger partial charge in [-0.3, -0.25) is 0 Å². The first-order chi connectivity index (χ1) is 11.6. The third-order valence-corrected chi connectivity index (χ3v) is 4.43. The average Bonchev–Trinajstić information content (AvgIpc) is 3.27. The van der Waals surface area contributed by atoms with Crippen molar-refractivity contribution >= 4 is 11.3 Å². The van der Waals surface area contributed by atoms with E-state index in [2.05, 4.69) is 21.9 Å². The van der Waals surface area contributed by atoms with E-state index < -0.39 is 24.4 Å². The number of aliphatic hydroxyl groups is 3. The lowest BCUT2D eigenvalue weighted by Gasteiger charge is -2.14. The molecule has 0 unspecified atom stereocenters. The Hall–Kier alpha value is -2.18. The molecule has 0 radical (unpaired) electrons. The van der Waals surface area contributed by atoms with Gasteiger partial charge in [0.05, 0.1) is 17.9 Å². The van der Waals surface area contributed by atoms with Gasteiger partial charge in [-0.05, 0) is 18.9 Å². The van der Waals surface area contributed by atoms with Crippen LogP contribution >= 0.6 is 0 Å². The van der Waals surface area contributed by atoms with E-state index in [1.807, 2.05) is 0 Å². The maximum atomic E-state index is 10.3. The highest BCUT2D eigenvalue weighted by Gasteiger charge is 2.44. The van der Waals surface area contributed by atoms with Gasteiger partial charge >= 0.3 is 0 Å². The van der Waals surface area contributed by atoms with Crippen molar-refractivity contribution in [1.82, 2.24) is 14.6 Å². The van der Waals surface area contributed by atoms with E-state index in [1.165, 1.54) is 10.8 Å². The van der Waals surface area contributed by atoms with Crippen LogP contribution in [-0.4, -0.2) is 54.8 Å². The highest BCUT2D eigenvalue weighted by molar-refractivity contribution is 5.75. The summed E-state index contributed by atoms with van der Waals surface area (Å²) in [7, 11) is 0. The minimum atomic E-state index is -1.18. The van der Waals surface area contributed by atoms with Crippen molar-refractivity contribution in [2.24, 2.45) is 5.92 Å². The lowest BCUT2D eigenvalue weighted by Crippen LogP contribution is -2.32. The normalized spacial score (nSPS) is 29.6. The molecule has 0 spiro atoms. The standard InChI is InChI=1S/C16H18N4O4/c17-16-12-9(4-3-8-1-2-8)5-10(20(12)19-7-18-16)15-14(23)13(22)11(6-21)24-15/h5,7-8,11,13-15,21-23H,1-2,6H2,(H2,17,18,19)/t11-,13-,14-,15+/m1/s1. The second kappa shape index (κ2) is 5.72. The Morgan fingerprint density at radius 1 is 1.33 bits per heavy atom. The van der Waals surface area contributed by atoms with Crippen LogP contribution in [0.25, 0.3) is 5.52 Å². The van der Waals surface area contributed by atoms with Gasteiger partial charge in [-0.15, -0.1) is 0 Å². The van der Waals surface area contributed by atoms with Gasteiger partial charge in [0.15, 0.2) is 5.82 Å². The SMILES string of the molecule is Nc1ncnn2c([C@@H]3O[C@H](CO)[C@@H](O)[C@H]3O)cc(C#CC3CC3)c12. The average molecular weight is 330 g/mol. The molecule has 8 heteroatoms. The van der Waals surface area contributed by atoms with Gasteiger partial charge in [0.25, 0.3) is 0 Å². The van der Waals surface area contributed by atoms with Crippen LogP contribution in [0, 0.1) is 17.8 Å². The minimum Gasteiger partial charge on any atom is -0.394 e. The summed E-state index contributed by atoms with van der Waals surface area (Å²) >= 11 is 0. The van der Waals surface area contributed by atoms with Crippen molar-refractivity contribution in [3.8, 4) is 11.8 Å². The first-order valence-corrected chi connectivity index (χ1v) is 7.86. The van der Waals surface area contributed by atoms with Gasteiger partial charge in [-0.1, -0.05) is 11.8 Å². The zero-order chi connectivity index (χ0) is 16.8. The largest absolute Gasteiger partial charge is 0.394 e. The number of rotatable bonds is 2.